The molecule has 5 nitrogen and oxygen atoms in total. The molecule has 1 saturated carbocycles. The average molecular weight is 278 g/mol. The molecule has 17 heavy (non-hydrogen) atoms. The number of nitrogens with zero attached hydrogens (tertiary/aromatic N) is 1. The summed E-state index contributed by atoms with van der Waals surface area (Å²) in [5, 5.41) is 9.05. The molecule has 1 aromatic rings. The van der Waals surface area contributed by atoms with Crippen LogP contribution in [0.15, 0.2) is 17.2 Å². The number of hydrogen-bond donors (Lipinski definition) is 1. The van der Waals surface area contributed by atoms with Crippen molar-refractivity contribution in [1.82, 2.24) is 4.57 Å². The topological polar surface area (TPSA) is 76.4 Å². The van der Waals surface area contributed by atoms with E-state index in [2.05, 4.69) is 0 Å². The van der Waals surface area contributed by atoms with E-state index < -0.39 is 15.0 Å². The Bertz CT molecular complexity index is 543. The van der Waals surface area contributed by atoms with Gasteiger partial charge in [-0.2, -0.15) is 0 Å². The lowest BCUT2D eigenvalue weighted by atomic mass is 10.2. The summed E-state index contributed by atoms with van der Waals surface area (Å²) in [6, 6.07) is 1.18. The second-order valence-corrected chi connectivity index (χ2v) is 6.72. The number of aromatic nitrogens is 1. The quantitative estimate of drug-likeness (QED) is 0.860. The van der Waals surface area contributed by atoms with E-state index in [0.717, 1.165) is 31.7 Å². The molecule has 7 heteroatoms. The Balaban J connectivity index is 2.49. The lowest BCUT2D eigenvalue weighted by Gasteiger charge is -2.13. The van der Waals surface area contributed by atoms with Crippen LogP contribution < -0.4 is 0 Å². The smallest absolute Gasteiger partial charge is 0.352 e. The van der Waals surface area contributed by atoms with E-state index in [4.69, 9.17) is 15.8 Å². The Hall–Kier alpha value is -1.01. The van der Waals surface area contributed by atoms with Crippen molar-refractivity contribution < 1.29 is 18.3 Å². The molecule has 0 radical (unpaired) electrons. The van der Waals surface area contributed by atoms with Crippen molar-refractivity contribution in [3.8, 4) is 0 Å². The molecule has 0 unspecified atom stereocenters. The monoisotopic (exact) mass is 277 g/mol. The van der Waals surface area contributed by atoms with Gasteiger partial charge >= 0.3 is 5.97 Å². The molecule has 1 heterocycles. The van der Waals surface area contributed by atoms with Gasteiger partial charge in [0.1, 0.15) is 10.6 Å². The molecule has 0 bridgehead atoms. The highest BCUT2D eigenvalue weighted by atomic mass is 35.7. The Morgan fingerprint density at radius 3 is 2.47 bits per heavy atom. The van der Waals surface area contributed by atoms with Crippen LogP contribution in [0.1, 0.15) is 42.2 Å². The Morgan fingerprint density at radius 2 is 2.00 bits per heavy atom. The SMILES string of the molecule is O=C(O)c1cc(S(=O)(=O)Cl)cn1C1CCCC1. The molecule has 0 saturated heterocycles. The van der Waals surface area contributed by atoms with Crippen LogP contribution >= 0.6 is 10.7 Å². The van der Waals surface area contributed by atoms with Crippen LogP contribution in [0.5, 0.6) is 0 Å². The highest BCUT2D eigenvalue weighted by molar-refractivity contribution is 8.13. The van der Waals surface area contributed by atoms with E-state index in [1.54, 1.807) is 0 Å². The lowest BCUT2D eigenvalue weighted by Crippen LogP contribution is -2.11. The van der Waals surface area contributed by atoms with Crippen molar-refractivity contribution in [1.29, 1.82) is 0 Å². The standard InChI is InChI=1S/C10H12ClNO4S/c11-17(15,16)8-5-9(10(13)14)12(6-8)7-3-1-2-4-7/h5-7H,1-4H2,(H,13,14). The summed E-state index contributed by atoms with van der Waals surface area (Å²) in [6.45, 7) is 0. The first-order valence-electron chi connectivity index (χ1n) is 5.29. The fourth-order valence-electron chi connectivity index (χ4n) is 2.24. The summed E-state index contributed by atoms with van der Waals surface area (Å²) < 4.78 is 23.9. The van der Waals surface area contributed by atoms with Gasteiger partial charge in [0.15, 0.2) is 0 Å². The van der Waals surface area contributed by atoms with Gasteiger partial charge in [-0.15, -0.1) is 0 Å². The van der Waals surface area contributed by atoms with Gasteiger partial charge in [-0.05, 0) is 18.9 Å². The lowest BCUT2D eigenvalue weighted by molar-refractivity contribution is 0.0682. The van der Waals surface area contributed by atoms with Crippen molar-refractivity contribution >= 4 is 25.7 Å². The summed E-state index contributed by atoms with van der Waals surface area (Å²) in [6.07, 6.45) is 5.13. The molecular weight excluding hydrogens is 266 g/mol. The van der Waals surface area contributed by atoms with E-state index in [1.807, 2.05) is 0 Å². The summed E-state index contributed by atoms with van der Waals surface area (Å²) in [5.41, 5.74) is -0.0175. The van der Waals surface area contributed by atoms with Gasteiger partial charge in [-0.3, -0.25) is 0 Å². The maximum absolute atomic E-state index is 11.2. The molecule has 1 aromatic heterocycles. The summed E-state index contributed by atoms with van der Waals surface area (Å²) >= 11 is 0. The molecule has 1 aliphatic rings. The molecule has 1 fully saturated rings. The molecule has 0 aromatic carbocycles. The first-order chi connectivity index (χ1) is 7.89. The van der Waals surface area contributed by atoms with Crippen molar-refractivity contribution in [3.63, 3.8) is 0 Å². The molecule has 1 aliphatic carbocycles. The molecule has 94 valence electrons. The minimum absolute atomic E-state index is 0.0175. The zero-order valence-corrected chi connectivity index (χ0v) is 10.5. The van der Waals surface area contributed by atoms with Crippen molar-refractivity contribution in [2.75, 3.05) is 0 Å². The zero-order valence-electron chi connectivity index (χ0n) is 8.97. The number of carboxylic acid groups (broad SMARTS) is 1. The normalized spacial score (nSPS) is 17.5. The molecule has 0 amide bonds. The van der Waals surface area contributed by atoms with Gasteiger partial charge in [-0.1, -0.05) is 12.8 Å². The third kappa shape index (κ3) is 2.47. The van der Waals surface area contributed by atoms with Crippen molar-refractivity contribution in [3.05, 3.63) is 18.0 Å². The van der Waals surface area contributed by atoms with Gasteiger partial charge in [-0.25, -0.2) is 13.2 Å². The largest absolute Gasteiger partial charge is 0.477 e. The number of rotatable bonds is 3. The number of halogens is 1. The zero-order chi connectivity index (χ0) is 12.6. The number of carbonyl (C=O) groups is 1. The highest BCUT2D eigenvalue weighted by Gasteiger charge is 2.25. The maximum atomic E-state index is 11.2. The first-order valence-corrected chi connectivity index (χ1v) is 7.60. The van der Waals surface area contributed by atoms with Gasteiger partial charge in [0.05, 0.1) is 0 Å². The van der Waals surface area contributed by atoms with Crippen LogP contribution in [0, 0.1) is 0 Å². The van der Waals surface area contributed by atoms with Crippen LogP contribution in [0.4, 0.5) is 0 Å². The van der Waals surface area contributed by atoms with E-state index in [0.29, 0.717) is 0 Å². The van der Waals surface area contributed by atoms with E-state index in [9.17, 15) is 13.2 Å². The van der Waals surface area contributed by atoms with Gasteiger partial charge in [0.2, 0.25) is 0 Å². The molecule has 1 N–H and O–H groups in total. The van der Waals surface area contributed by atoms with Crippen LogP contribution in [0.3, 0.4) is 0 Å². The summed E-state index contributed by atoms with van der Waals surface area (Å²) in [5.74, 6) is -1.14. The van der Waals surface area contributed by atoms with Crippen molar-refractivity contribution in [2.45, 2.75) is 36.6 Å². The predicted octanol–water partition coefficient (Wildman–Crippen LogP) is 2.23. The van der Waals surface area contributed by atoms with Crippen molar-refractivity contribution in [2.24, 2.45) is 0 Å². The third-order valence-corrected chi connectivity index (χ3v) is 4.36. The molecule has 2 rings (SSSR count). The average Bonchev–Trinajstić information content (AvgIpc) is 2.85. The number of hydrogen-bond acceptors (Lipinski definition) is 3. The third-order valence-electron chi connectivity index (χ3n) is 3.04. The Kier molecular flexibility index (Phi) is 3.18. The second-order valence-electron chi connectivity index (χ2n) is 4.15. The van der Waals surface area contributed by atoms with Crippen LogP contribution in [0.2, 0.25) is 0 Å². The van der Waals surface area contributed by atoms with Crippen LogP contribution in [-0.2, 0) is 9.05 Å². The minimum Gasteiger partial charge on any atom is -0.477 e. The first kappa shape index (κ1) is 12.4. The van der Waals surface area contributed by atoms with Crippen LogP contribution in [-0.4, -0.2) is 24.1 Å². The van der Waals surface area contributed by atoms with Crippen LogP contribution in [0.25, 0.3) is 0 Å². The van der Waals surface area contributed by atoms with Gasteiger partial charge in [0, 0.05) is 22.9 Å². The predicted molar refractivity (Wildman–Crippen MR) is 61.9 cm³/mol. The Labute approximate surface area is 103 Å². The van der Waals surface area contributed by atoms with E-state index in [-0.39, 0.29) is 16.6 Å². The fraction of sp³-hybridized carbons (Fsp3) is 0.500. The van der Waals surface area contributed by atoms with Gasteiger partial charge < -0.3 is 9.67 Å². The highest BCUT2D eigenvalue weighted by Crippen LogP contribution is 2.32. The summed E-state index contributed by atoms with van der Waals surface area (Å²) in [4.78, 5) is 10.9. The van der Waals surface area contributed by atoms with E-state index in [1.165, 1.54) is 10.8 Å². The molecule has 0 spiro atoms. The maximum Gasteiger partial charge on any atom is 0.352 e. The second kappa shape index (κ2) is 4.34. The summed E-state index contributed by atoms with van der Waals surface area (Å²) in [7, 11) is 1.34. The van der Waals surface area contributed by atoms with Gasteiger partial charge in [0.25, 0.3) is 9.05 Å². The van der Waals surface area contributed by atoms with E-state index >= 15 is 0 Å². The minimum atomic E-state index is -3.88. The molecule has 0 aliphatic heterocycles. The number of carboxylic acids is 1. The molecule has 0 atom stereocenters. The Morgan fingerprint density at radius 1 is 1.41 bits per heavy atom. The molecular formula is C10H12ClNO4S. The number of aromatic carboxylic acids is 1. The fourth-order valence-corrected chi connectivity index (χ4v) is 2.99.